The van der Waals surface area contributed by atoms with Gasteiger partial charge in [0.2, 0.25) is 0 Å². The molecule has 128 valence electrons. The number of rotatable bonds is 9. The third-order valence-corrected chi connectivity index (χ3v) is 3.81. The van der Waals surface area contributed by atoms with Crippen molar-refractivity contribution in [3.63, 3.8) is 0 Å². The monoisotopic (exact) mass is 326 g/mol. The zero-order valence-electron chi connectivity index (χ0n) is 14.4. The fraction of sp³-hybridized carbons (Fsp3) is 0.333. The van der Waals surface area contributed by atoms with Gasteiger partial charge in [0.05, 0.1) is 31.2 Å². The first-order chi connectivity index (χ1) is 11.6. The van der Waals surface area contributed by atoms with E-state index in [1.165, 1.54) is 11.1 Å². The molecule has 1 N–H and O–H groups in total. The van der Waals surface area contributed by atoms with Crippen LogP contribution in [0.5, 0.6) is 0 Å². The summed E-state index contributed by atoms with van der Waals surface area (Å²) in [6, 6.07) is 3.91. The summed E-state index contributed by atoms with van der Waals surface area (Å²) in [5, 5.41) is 10.2. The van der Waals surface area contributed by atoms with E-state index in [1.807, 2.05) is 31.2 Å². The van der Waals surface area contributed by atoms with Gasteiger partial charge in [-0.3, -0.25) is 0 Å². The van der Waals surface area contributed by atoms with Gasteiger partial charge in [-0.15, -0.1) is 0 Å². The standard InChI is InChI=1S/C21H26O3/c1-17(5-3-7-19-9-11-23-15-19)13-21(22)14-18(2)6-4-8-20-10-12-24-16-20/h3,6-7,9-13,15-16,21-22H,4-5,8,14H2,1-2H3/b7-3+,17-13+,18-6+. The number of hydrogen-bond donors (Lipinski definition) is 1. The molecule has 0 radical (unpaired) electrons. The lowest BCUT2D eigenvalue weighted by Crippen LogP contribution is -2.03. The number of hydrogen-bond acceptors (Lipinski definition) is 3. The Kier molecular flexibility index (Phi) is 7.37. The Hall–Kier alpha value is -2.26. The summed E-state index contributed by atoms with van der Waals surface area (Å²) in [7, 11) is 0. The Morgan fingerprint density at radius 1 is 1.12 bits per heavy atom. The van der Waals surface area contributed by atoms with E-state index >= 15 is 0 Å². The van der Waals surface area contributed by atoms with Crippen LogP contribution in [0.3, 0.4) is 0 Å². The van der Waals surface area contributed by atoms with Crippen LogP contribution in [0.15, 0.2) is 75.4 Å². The number of aliphatic hydroxyl groups excluding tert-OH is 1. The molecule has 0 saturated heterocycles. The van der Waals surface area contributed by atoms with Crippen LogP contribution in [0.25, 0.3) is 6.08 Å². The average Bonchev–Trinajstić information content (AvgIpc) is 3.20. The Morgan fingerprint density at radius 2 is 1.92 bits per heavy atom. The predicted molar refractivity (Wildman–Crippen MR) is 97.5 cm³/mol. The summed E-state index contributed by atoms with van der Waals surface area (Å²) in [6.07, 6.45) is 18.1. The minimum Gasteiger partial charge on any atom is -0.472 e. The van der Waals surface area contributed by atoms with Crippen molar-refractivity contribution >= 4 is 6.08 Å². The molecule has 0 aliphatic heterocycles. The van der Waals surface area contributed by atoms with Gasteiger partial charge in [0.15, 0.2) is 0 Å². The molecule has 2 heterocycles. The lowest BCUT2D eigenvalue weighted by Gasteiger charge is -2.08. The SMILES string of the molecule is C/C(=C\C(O)C/C(C)=C/CCc1ccoc1)C/C=C/c1ccoc1. The highest BCUT2D eigenvalue weighted by Gasteiger charge is 2.02. The van der Waals surface area contributed by atoms with E-state index in [-0.39, 0.29) is 0 Å². The first kappa shape index (κ1) is 18.1. The molecular formula is C21H26O3. The molecule has 24 heavy (non-hydrogen) atoms. The van der Waals surface area contributed by atoms with Crippen LogP contribution in [0, 0.1) is 0 Å². The van der Waals surface area contributed by atoms with Gasteiger partial charge in [-0.25, -0.2) is 0 Å². The third-order valence-electron chi connectivity index (χ3n) is 3.81. The molecule has 0 saturated carbocycles. The summed E-state index contributed by atoms with van der Waals surface area (Å²) in [4.78, 5) is 0. The lowest BCUT2D eigenvalue weighted by atomic mass is 10.0. The largest absolute Gasteiger partial charge is 0.472 e. The maximum absolute atomic E-state index is 10.2. The Balaban J connectivity index is 1.72. The summed E-state index contributed by atoms with van der Waals surface area (Å²) in [5.41, 5.74) is 4.64. The number of aliphatic hydroxyl groups is 1. The zero-order chi connectivity index (χ0) is 17.2. The average molecular weight is 326 g/mol. The first-order valence-electron chi connectivity index (χ1n) is 8.34. The molecule has 1 unspecified atom stereocenters. The highest BCUT2D eigenvalue weighted by molar-refractivity contribution is 5.47. The van der Waals surface area contributed by atoms with Crippen molar-refractivity contribution < 1.29 is 13.9 Å². The molecule has 3 heteroatoms. The third kappa shape index (κ3) is 6.88. The van der Waals surface area contributed by atoms with Crippen LogP contribution in [0.1, 0.15) is 44.2 Å². The lowest BCUT2D eigenvalue weighted by molar-refractivity contribution is 0.222. The molecule has 0 aliphatic rings. The first-order valence-corrected chi connectivity index (χ1v) is 8.34. The van der Waals surface area contributed by atoms with Crippen LogP contribution in [-0.4, -0.2) is 11.2 Å². The van der Waals surface area contributed by atoms with Crippen molar-refractivity contribution in [2.45, 2.75) is 45.6 Å². The van der Waals surface area contributed by atoms with Gasteiger partial charge in [0.25, 0.3) is 0 Å². The molecule has 0 amide bonds. The Morgan fingerprint density at radius 3 is 2.62 bits per heavy atom. The minimum absolute atomic E-state index is 0.433. The highest BCUT2D eigenvalue weighted by Crippen LogP contribution is 2.13. The number of allylic oxidation sites excluding steroid dienone is 3. The predicted octanol–water partition coefficient (Wildman–Crippen LogP) is 5.55. The van der Waals surface area contributed by atoms with Crippen LogP contribution >= 0.6 is 0 Å². The van der Waals surface area contributed by atoms with Gasteiger partial charge in [-0.1, -0.05) is 35.5 Å². The molecule has 1 atom stereocenters. The maximum atomic E-state index is 10.2. The van der Waals surface area contributed by atoms with E-state index in [2.05, 4.69) is 19.1 Å². The van der Waals surface area contributed by atoms with Crippen LogP contribution in [-0.2, 0) is 6.42 Å². The van der Waals surface area contributed by atoms with E-state index in [0.29, 0.717) is 6.42 Å². The normalized spacial score (nSPS) is 14.5. The maximum Gasteiger partial charge on any atom is 0.0974 e. The topological polar surface area (TPSA) is 46.5 Å². The Labute approximate surface area is 144 Å². The fourth-order valence-electron chi connectivity index (χ4n) is 2.54. The summed E-state index contributed by atoms with van der Waals surface area (Å²) in [5.74, 6) is 0. The van der Waals surface area contributed by atoms with Crippen molar-refractivity contribution in [3.05, 3.63) is 77.7 Å². The summed E-state index contributed by atoms with van der Waals surface area (Å²) >= 11 is 0. The van der Waals surface area contributed by atoms with E-state index < -0.39 is 6.10 Å². The van der Waals surface area contributed by atoms with Crippen LogP contribution in [0.2, 0.25) is 0 Å². The minimum atomic E-state index is -0.433. The smallest absolute Gasteiger partial charge is 0.0974 e. The molecule has 0 fully saturated rings. The quantitative estimate of drug-likeness (QED) is 0.614. The Bertz CT molecular complexity index is 658. The zero-order valence-corrected chi connectivity index (χ0v) is 14.4. The molecule has 0 spiro atoms. The van der Waals surface area contributed by atoms with Crippen molar-refractivity contribution in [3.8, 4) is 0 Å². The second-order valence-corrected chi connectivity index (χ2v) is 6.17. The van der Waals surface area contributed by atoms with Gasteiger partial charge in [-0.05, 0) is 57.2 Å². The molecule has 2 aromatic heterocycles. The highest BCUT2D eigenvalue weighted by atomic mass is 16.3. The van der Waals surface area contributed by atoms with E-state index in [9.17, 15) is 5.11 Å². The summed E-state index contributed by atoms with van der Waals surface area (Å²) < 4.78 is 10.1. The second-order valence-electron chi connectivity index (χ2n) is 6.17. The molecule has 0 bridgehead atoms. The number of furan rings is 2. The second kappa shape index (κ2) is 9.78. The van der Waals surface area contributed by atoms with Crippen molar-refractivity contribution in [1.29, 1.82) is 0 Å². The van der Waals surface area contributed by atoms with Crippen molar-refractivity contribution in [1.82, 2.24) is 0 Å². The molecule has 3 nitrogen and oxygen atoms in total. The molecule has 2 aromatic rings. The van der Waals surface area contributed by atoms with Gasteiger partial charge in [-0.2, -0.15) is 0 Å². The van der Waals surface area contributed by atoms with E-state index in [1.54, 1.807) is 25.1 Å². The van der Waals surface area contributed by atoms with Gasteiger partial charge >= 0.3 is 0 Å². The van der Waals surface area contributed by atoms with E-state index in [0.717, 1.165) is 30.4 Å². The van der Waals surface area contributed by atoms with Crippen molar-refractivity contribution in [2.75, 3.05) is 0 Å². The van der Waals surface area contributed by atoms with Crippen molar-refractivity contribution in [2.24, 2.45) is 0 Å². The van der Waals surface area contributed by atoms with Crippen LogP contribution in [0.4, 0.5) is 0 Å². The fourth-order valence-corrected chi connectivity index (χ4v) is 2.54. The molecular weight excluding hydrogens is 300 g/mol. The van der Waals surface area contributed by atoms with Gasteiger partial charge in [0.1, 0.15) is 0 Å². The molecule has 0 aromatic carbocycles. The molecule has 0 aliphatic carbocycles. The van der Waals surface area contributed by atoms with E-state index in [4.69, 9.17) is 8.83 Å². The summed E-state index contributed by atoms with van der Waals surface area (Å²) in [6.45, 7) is 4.11. The van der Waals surface area contributed by atoms with Gasteiger partial charge in [0, 0.05) is 5.56 Å². The van der Waals surface area contributed by atoms with Crippen LogP contribution < -0.4 is 0 Å². The number of aryl methyl sites for hydroxylation is 1. The molecule has 2 rings (SSSR count). The van der Waals surface area contributed by atoms with Gasteiger partial charge < -0.3 is 13.9 Å².